The van der Waals surface area contributed by atoms with E-state index in [0.29, 0.717) is 19.4 Å². The first-order chi connectivity index (χ1) is 16.6. The number of ketones is 1. The van der Waals surface area contributed by atoms with Crippen LogP contribution in [0.25, 0.3) is 0 Å². The van der Waals surface area contributed by atoms with Gasteiger partial charge in [-0.15, -0.1) is 0 Å². The van der Waals surface area contributed by atoms with Gasteiger partial charge in [0.15, 0.2) is 5.78 Å². The Morgan fingerprint density at radius 2 is 1.69 bits per heavy atom. The second-order valence-corrected chi connectivity index (χ2v) is 8.83. The summed E-state index contributed by atoms with van der Waals surface area (Å²) in [6.45, 7) is 2.11. The van der Waals surface area contributed by atoms with Crippen molar-refractivity contribution in [1.82, 2.24) is 10.6 Å². The van der Waals surface area contributed by atoms with Gasteiger partial charge in [0.2, 0.25) is 5.91 Å². The summed E-state index contributed by atoms with van der Waals surface area (Å²) in [5.74, 6) is -0.927. The normalized spacial score (nSPS) is 18.9. The first-order valence-electron chi connectivity index (χ1n) is 11.6. The van der Waals surface area contributed by atoms with Crippen LogP contribution in [0.15, 0.2) is 54.6 Å². The summed E-state index contributed by atoms with van der Waals surface area (Å²) < 4.78 is 43.9. The predicted octanol–water partition coefficient (Wildman–Crippen LogP) is 5.13. The molecule has 0 aromatic heterocycles. The van der Waals surface area contributed by atoms with Crippen molar-refractivity contribution in [2.75, 3.05) is 6.54 Å². The van der Waals surface area contributed by atoms with Gasteiger partial charge in [0.05, 0.1) is 11.6 Å². The number of nitrogens with one attached hydrogen (secondary N) is 2. The highest BCUT2D eigenvalue weighted by Gasteiger charge is 2.32. The minimum atomic E-state index is -4.55. The molecule has 35 heavy (non-hydrogen) atoms. The number of carbonyl (C=O) groups is 3. The number of amides is 2. The number of hydrogen-bond donors (Lipinski definition) is 2. The van der Waals surface area contributed by atoms with Gasteiger partial charge >= 0.3 is 12.3 Å². The van der Waals surface area contributed by atoms with E-state index in [1.807, 2.05) is 30.3 Å². The highest BCUT2D eigenvalue weighted by atomic mass is 19.4. The quantitative estimate of drug-likeness (QED) is 0.503. The van der Waals surface area contributed by atoms with Crippen LogP contribution in [0.2, 0.25) is 0 Å². The molecule has 1 fully saturated rings. The molecule has 1 aliphatic rings. The van der Waals surface area contributed by atoms with E-state index in [4.69, 9.17) is 4.74 Å². The fourth-order valence-corrected chi connectivity index (χ4v) is 4.13. The van der Waals surface area contributed by atoms with Crippen LogP contribution in [0.1, 0.15) is 54.1 Å². The average Bonchev–Trinajstić information content (AvgIpc) is 2.86. The van der Waals surface area contributed by atoms with Crippen molar-refractivity contribution in [1.29, 1.82) is 0 Å². The van der Waals surface area contributed by atoms with Crippen molar-refractivity contribution >= 4 is 17.8 Å². The first-order valence-corrected chi connectivity index (χ1v) is 11.6. The molecule has 1 atom stereocenters. The number of benzene rings is 2. The molecule has 1 unspecified atom stereocenters. The summed E-state index contributed by atoms with van der Waals surface area (Å²) in [6, 6.07) is 12.6. The number of Topliss-reactive ketones (excluding diaryl/α,β-unsaturated/α-hetero) is 1. The second kappa shape index (κ2) is 11.9. The van der Waals surface area contributed by atoms with Crippen LogP contribution in [-0.4, -0.2) is 30.4 Å². The van der Waals surface area contributed by atoms with Gasteiger partial charge in [-0.1, -0.05) is 42.5 Å². The van der Waals surface area contributed by atoms with Crippen LogP contribution in [0, 0.1) is 11.8 Å². The molecule has 2 aromatic carbocycles. The summed E-state index contributed by atoms with van der Waals surface area (Å²) in [5.41, 5.74) is -0.103. The maximum atomic E-state index is 12.9. The van der Waals surface area contributed by atoms with E-state index in [0.717, 1.165) is 30.5 Å². The van der Waals surface area contributed by atoms with E-state index >= 15 is 0 Å². The minimum Gasteiger partial charge on any atom is -0.445 e. The summed E-state index contributed by atoms with van der Waals surface area (Å²) in [5, 5.41) is 5.40. The van der Waals surface area contributed by atoms with E-state index < -0.39 is 29.7 Å². The Balaban J connectivity index is 1.39. The molecular weight excluding hydrogens is 461 g/mol. The Kier molecular flexibility index (Phi) is 8.89. The molecule has 2 amide bonds. The molecule has 1 aliphatic carbocycles. The largest absolute Gasteiger partial charge is 0.445 e. The molecule has 1 saturated carbocycles. The van der Waals surface area contributed by atoms with Crippen LogP contribution in [0.5, 0.6) is 0 Å². The van der Waals surface area contributed by atoms with Gasteiger partial charge in [0, 0.05) is 18.0 Å². The molecular formula is C26H29F3N2O4. The molecule has 3 rings (SSSR count). The molecule has 0 bridgehead atoms. The van der Waals surface area contributed by atoms with Gasteiger partial charge in [-0.25, -0.2) is 4.79 Å². The highest BCUT2D eigenvalue weighted by Crippen LogP contribution is 2.30. The number of ether oxygens (including phenoxy) is 1. The molecule has 188 valence electrons. The van der Waals surface area contributed by atoms with Crippen molar-refractivity contribution < 1.29 is 32.3 Å². The second-order valence-electron chi connectivity index (χ2n) is 8.83. The third-order valence-corrected chi connectivity index (χ3v) is 6.19. The zero-order valence-corrected chi connectivity index (χ0v) is 19.4. The van der Waals surface area contributed by atoms with Crippen molar-refractivity contribution in [2.45, 2.75) is 51.4 Å². The van der Waals surface area contributed by atoms with Crippen LogP contribution in [0.3, 0.4) is 0 Å². The molecule has 9 heteroatoms. The molecule has 6 nitrogen and oxygen atoms in total. The zero-order valence-electron chi connectivity index (χ0n) is 19.4. The Hall–Kier alpha value is -3.36. The fraction of sp³-hybridized carbons (Fsp3) is 0.423. The van der Waals surface area contributed by atoms with Gasteiger partial charge in [-0.3, -0.25) is 9.59 Å². The lowest BCUT2D eigenvalue weighted by Gasteiger charge is -2.28. The SMILES string of the molecule is CC(NC(=O)C1CCC(CNC(=O)OCc2ccccc2)CC1)C(=O)c1cccc(C(F)(F)F)c1. The monoisotopic (exact) mass is 490 g/mol. The smallest absolute Gasteiger partial charge is 0.416 e. The Bertz CT molecular complexity index is 1020. The number of alkyl carbamates (subject to hydrolysis) is 1. The Morgan fingerprint density at radius 3 is 2.34 bits per heavy atom. The predicted molar refractivity (Wildman–Crippen MR) is 123 cm³/mol. The van der Waals surface area contributed by atoms with Crippen molar-refractivity contribution in [3.05, 3.63) is 71.3 Å². The maximum Gasteiger partial charge on any atom is 0.416 e. The molecule has 0 radical (unpaired) electrons. The van der Waals surface area contributed by atoms with Gasteiger partial charge < -0.3 is 15.4 Å². The molecule has 2 N–H and O–H groups in total. The lowest BCUT2D eigenvalue weighted by Crippen LogP contribution is -2.43. The van der Waals surface area contributed by atoms with E-state index in [1.165, 1.54) is 19.1 Å². The molecule has 0 aliphatic heterocycles. The van der Waals surface area contributed by atoms with Crippen LogP contribution >= 0.6 is 0 Å². The van der Waals surface area contributed by atoms with E-state index in [9.17, 15) is 27.6 Å². The number of alkyl halides is 3. The number of hydrogen-bond acceptors (Lipinski definition) is 4. The van der Waals surface area contributed by atoms with E-state index in [-0.39, 0.29) is 29.9 Å². The third kappa shape index (κ3) is 7.83. The third-order valence-electron chi connectivity index (χ3n) is 6.19. The summed E-state index contributed by atoms with van der Waals surface area (Å²) in [4.78, 5) is 37.1. The summed E-state index contributed by atoms with van der Waals surface area (Å²) >= 11 is 0. The van der Waals surface area contributed by atoms with Crippen LogP contribution < -0.4 is 10.6 Å². The first kappa shape index (κ1) is 26.2. The van der Waals surface area contributed by atoms with Crippen molar-refractivity contribution in [3.63, 3.8) is 0 Å². The highest BCUT2D eigenvalue weighted by molar-refractivity contribution is 6.02. The number of carbonyl (C=O) groups excluding carboxylic acids is 3. The molecule has 0 heterocycles. The lowest BCUT2D eigenvalue weighted by molar-refractivity contribution is -0.137. The lowest BCUT2D eigenvalue weighted by atomic mass is 9.81. The van der Waals surface area contributed by atoms with Gasteiger partial charge in [-0.05, 0) is 56.2 Å². The fourth-order valence-electron chi connectivity index (χ4n) is 4.13. The van der Waals surface area contributed by atoms with E-state index in [1.54, 1.807) is 0 Å². The maximum absolute atomic E-state index is 12.9. The molecule has 0 saturated heterocycles. The molecule has 2 aromatic rings. The standard InChI is InChI=1S/C26H29F3N2O4/c1-17(23(32)21-8-5-9-22(14-21)26(27,28)29)31-24(33)20-12-10-18(11-13-20)15-30-25(34)35-16-19-6-3-2-4-7-19/h2-9,14,17-18,20H,10-13,15-16H2,1H3,(H,30,34)(H,31,33). The average molecular weight is 491 g/mol. The molecule has 0 spiro atoms. The van der Waals surface area contributed by atoms with E-state index in [2.05, 4.69) is 10.6 Å². The number of halogens is 3. The Morgan fingerprint density at radius 1 is 1.00 bits per heavy atom. The van der Waals surface area contributed by atoms with Crippen LogP contribution in [0.4, 0.5) is 18.0 Å². The van der Waals surface area contributed by atoms with Gasteiger partial charge in [0.25, 0.3) is 0 Å². The van der Waals surface area contributed by atoms with Crippen molar-refractivity contribution in [2.24, 2.45) is 11.8 Å². The zero-order chi connectivity index (χ0) is 25.4. The number of rotatable bonds is 8. The van der Waals surface area contributed by atoms with Gasteiger partial charge in [0.1, 0.15) is 6.61 Å². The van der Waals surface area contributed by atoms with Crippen LogP contribution in [-0.2, 0) is 22.3 Å². The summed E-state index contributed by atoms with van der Waals surface area (Å²) in [7, 11) is 0. The minimum absolute atomic E-state index is 0.0958. The van der Waals surface area contributed by atoms with Crippen molar-refractivity contribution in [3.8, 4) is 0 Å². The topological polar surface area (TPSA) is 84.5 Å². The Labute approximate surface area is 202 Å². The van der Waals surface area contributed by atoms with Gasteiger partial charge in [-0.2, -0.15) is 13.2 Å². The summed E-state index contributed by atoms with van der Waals surface area (Å²) in [6.07, 6.45) is -2.38.